The van der Waals surface area contributed by atoms with Crippen LogP contribution in [0.1, 0.15) is 12.1 Å². The second kappa shape index (κ2) is 4.47. The monoisotopic (exact) mass is 263 g/mol. The van der Waals surface area contributed by atoms with Gasteiger partial charge in [0, 0.05) is 32.7 Å². The number of hydrogen-bond acceptors (Lipinski definition) is 5. The molecule has 6 heteroatoms. The van der Waals surface area contributed by atoms with E-state index in [0.717, 1.165) is 25.3 Å². The lowest BCUT2D eigenvalue weighted by Gasteiger charge is -2.45. The first-order valence-corrected chi connectivity index (χ1v) is 6.28. The molecule has 1 spiro atoms. The molecule has 0 saturated carbocycles. The van der Waals surface area contributed by atoms with Gasteiger partial charge in [0.25, 0.3) is 0 Å². The van der Waals surface area contributed by atoms with Gasteiger partial charge in [0.05, 0.1) is 19.2 Å². The molecule has 1 aromatic heterocycles. The standard InChI is InChI=1S/C13H17N3O3/c1-15-12(17)6-13(19-15)8-16(9-13)7-10-4-3-5-11(14-10)18-2/h3-5H,6-9H2,1-2H3. The number of hydroxylamine groups is 2. The first-order chi connectivity index (χ1) is 9.10. The van der Waals surface area contributed by atoms with Crippen LogP contribution in [0, 0.1) is 0 Å². The van der Waals surface area contributed by atoms with Crippen molar-refractivity contribution >= 4 is 5.91 Å². The van der Waals surface area contributed by atoms with Crippen LogP contribution in [0.25, 0.3) is 0 Å². The Morgan fingerprint density at radius 1 is 1.47 bits per heavy atom. The predicted molar refractivity (Wildman–Crippen MR) is 67.3 cm³/mol. The lowest BCUT2D eigenvalue weighted by atomic mass is 9.91. The van der Waals surface area contributed by atoms with Crippen LogP contribution in [-0.2, 0) is 16.2 Å². The largest absolute Gasteiger partial charge is 0.481 e. The number of hydrogen-bond donors (Lipinski definition) is 0. The molecule has 6 nitrogen and oxygen atoms in total. The summed E-state index contributed by atoms with van der Waals surface area (Å²) in [6.45, 7) is 2.28. The van der Waals surface area contributed by atoms with Gasteiger partial charge in [-0.15, -0.1) is 0 Å². The number of nitrogens with zero attached hydrogens (tertiary/aromatic N) is 3. The normalized spacial score (nSPS) is 21.8. The number of likely N-dealkylation sites (tertiary alicyclic amines) is 1. The highest BCUT2D eigenvalue weighted by Crippen LogP contribution is 2.35. The van der Waals surface area contributed by atoms with E-state index in [9.17, 15) is 4.79 Å². The molecule has 19 heavy (non-hydrogen) atoms. The summed E-state index contributed by atoms with van der Waals surface area (Å²) in [5.74, 6) is 0.680. The van der Waals surface area contributed by atoms with Gasteiger partial charge >= 0.3 is 0 Å². The highest BCUT2D eigenvalue weighted by Gasteiger charge is 2.52. The van der Waals surface area contributed by atoms with E-state index in [4.69, 9.17) is 9.57 Å². The Kier molecular flexibility index (Phi) is 2.91. The Morgan fingerprint density at radius 2 is 2.26 bits per heavy atom. The molecular weight excluding hydrogens is 246 g/mol. The van der Waals surface area contributed by atoms with Crippen molar-refractivity contribution in [3.8, 4) is 5.88 Å². The Bertz CT molecular complexity index is 500. The summed E-state index contributed by atoms with van der Waals surface area (Å²) in [5, 5.41) is 1.35. The number of pyridine rings is 1. The van der Waals surface area contributed by atoms with Crippen LogP contribution in [0.4, 0.5) is 0 Å². The van der Waals surface area contributed by atoms with Crippen LogP contribution in [0.15, 0.2) is 18.2 Å². The average molecular weight is 263 g/mol. The van der Waals surface area contributed by atoms with E-state index in [0.29, 0.717) is 12.3 Å². The summed E-state index contributed by atoms with van der Waals surface area (Å²) < 4.78 is 5.10. The van der Waals surface area contributed by atoms with Crippen LogP contribution < -0.4 is 4.74 Å². The van der Waals surface area contributed by atoms with Gasteiger partial charge in [-0.05, 0) is 6.07 Å². The summed E-state index contributed by atoms with van der Waals surface area (Å²) in [4.78, 5) is 23.7. The molecule has 2 fully saturated rings. The molecule has 0 atom stereocenters. The first kappa shape index (κ1) is 12.4. The number of ether oxygens (including phenoxy) is 1. The highest BCUT2D eigenvalue weighted by atomic mass is 16.7. The van der Waals surface area contributed by atoms with E-state index in [2.05, 4.69) is 9.88 Å². The van der Waals surface area contributed by atoms with Gasteiger partial charge in [0.1, 0.15) is 5.60 Å². The van der Waals surface area contributed by atoms with Gasteiger partial charge in [0.2, 0.25) is 11.8 Å². The number of aromatic nitrogens is 1. The fourth-order valence-corrected chi connectivity index (χ4v) is 2.70. The second-order valence-electron chi connectivity index (χ2n) is 5.16. The summed E-state index contributed by atoms with van der Waals surface area (Å²) in [6.07, 6.45) is 0.478. The molecule has 3 heterocycles. The topological polar surface area (TPSA) is 54.9 Å². The van der Waals surface area contributed by atoms with Crippen LogP contribution in [0.2, 0.25) is 0 Å². The Morgan fingerprint density at radius 3 is 2.89 bits per heavy atom. The lowest BCUT2D eigenvalue weighted by Crippen LogP contribution is -2.61. The maximum Gasteiger partial charge on any atom is 0.248 e. The molecule has 3 rings (SSSR count). The minimum atomic E-state index is -0.301. The van der Waals surface area contributed by atoms with Gasteiger partial charge in [-0.2, -0.15) is 0 Å². The molecule has 0 radical (unpaired) electrons. The molecule has 0 aliphatic carbocycles. The average Bonchev–Trinajstić information content (AvgIpc) is 2.65. The van der Waals surface area contributed by atoms with Crippen molar-refractivity contribution in [1.29, 1.82) is 0 Å². The molecule has 1 aromatic rings. The molecule has 0 unspecified atom stereocenters. The molecule has 0 N–H and O–H groups in total. The third kappa shape index (κ3) is 2.29. The molecule has 102 valence electrons. The maximum absolute atomic E-state index is 11.5. The molecule has 2 aliphatic heterocycles. The minimum Gasteiger partial charge on any atom is -0.481 e. The lowest BCUT2D eigenvalue weighted by molar-refractivity contribution is -0.228. The number of carbonyl (C=O) groups excluding carboxylic acids is 1. The maximum atomic E-state index is 11.5. The second-order valence-corrected chi connectivity index (χ2v) is 5.16. The molecular formula is C13H17N3O3. The van der Waals surface area contributed by atoms with Crippen molar-refractivity contribution in [2.45, 2.75) is 18.6 Å². The molecule has 2 saturated heterocycles. The van der Waals surface area contributed by atoms with Crippen molar-refractivity contribution in [2.75, 3.05) is 27.2 Å². The molecule has 1 amide bonds. The Balaban J connectivity index is 1.58. The van der Waals surface area contributed by atoms with Crippen LogP contribution in [0.5, 0.6) is 5.88 Å². The number of amides is 1. The van der Waals surface area contributed by atoms with Crippen molar-refractivity contribution in [1.82, 2.24) is 14.9 Å². The van der Waals surface area contributed by atoms with Gasteiger partial charge in [0.15, 0.2) is 0 Å². The quantitative estimate of drug-likeness (QED) is 0.792. The van der Waals surface area contributed by atoms with Crippen molar-refractivity contribution in [2.24, 2.45) is 0 Å². The fourth-order valence-electron chi connectivity index (χ4n) is 2.70. The van der Waals surface area contributed by atoms with Gasteiger partial charge in [-0.1, -0.05) is 6.07 Å². The zero-order chi connectivity index (χ0) is 13.5. The van der Waals surface area contributed by atoms with Crippen LogP contribution in [-0.4, -0.2) is 53.7 Å². The van der Waals surface area contributed by atoms with Gasteiger partial charge in [-0.25, -0.2) is 10.0 Å². The van der Waals surface area contributed by atoms with Crippen molar-refractivity contribution < 1.29 is 14.4 Å². The molecule has 0 aromatic carbocycles. The molecule has 2 aliphatic rings. The van der Waals surface area contributed by atoms with Gasteiger partial charge < -0.3 is 4.74 Å². The van der Waals surface area contributed by atoms with Gasteiger partial charge in [-0.3, -0.25) is 14.5 Å². The highest BCUT2D eigenvalue weighted by molar-refractivity contribution is 5.78. The third-order valence-corrected chi connectivity index (χ3v) is 3.55. The first-order valence-electron chi connectivity index (χ1n) is 6.28. The van der Waals surface area contributed by atoms with E-state index in [1.165, 1.54) is 5.06 Å². The zero-order valence-corrected chi connectivity index (χ0v) is 11.1. The fraction of sp³-hybridized carbons (Fsp3) is 0.538. The van der Waals surface area contributed by atoms with Crippen LogP contribution >= 0.6 is 0 Å². The summed E-state index contributed by atoms with van der Waals surface area (Å²) >= 11 is 0. The summed E-state index contributed by atoms with van der Waals surface area (Å²) in [7, 11) is 3.28. The Hall–Kier alpha value is -1.66. The summed E-state index contributed by atoms with van der Waals surface area (Å²) in [6, 6.07) is 5.73. The number of rotatable bonds is 3. The SMILES string of the molecule is COc1cccc(CN2CC3(CC(=O)N(C)O3)C2)n1. The predicted octanol–water partition coefficient (Wildman–Crippen LogP) is 0.438. The van der Waals surface area contributed by atoms with E-state index in [-0.39, 0.29) is 11.5 Å². The Labute approximate surface area is 111 Å². The van der Waals surface area contributed by atoms with Crippen LogP contribution in [0.3, 0.4) is 0 Å². The smallest absolute Gasteiger partial charge is 0.248 e. The third-order valence-electron chi connectivity index (χ3n) is 3.55. The van der Waals surface area contributed by atoms with E-state index >= 15 is 0 Å². The minimum absolute atomic E-state index is 0.0548. The van der Waals surface area contributed by atoms with Crippen molar-refractivity contribution in [3.05, 3.63) is 23.9 Å². The number of carbonyl (C=O) groups is 1. The summed E-state index contributed by atoms with van der Waals surface area (Å²) in [5.41, 5.74) is 0.664. The zero-order valence-electron chi connectivity index (χ0n) is 11.1. The van der Waals surface area contributed by atoms with Crippen molar-refractivity contribution in [3.63, 3.8) is 0 Å². The molecule has 0 bridgehead atoms. The van der Waals surface area contributed by atoms with E-state index in [1.54, 1.807) is 14.2 Å². The number of methoxy groups -OCH3 is 1. The van der Waals surface area contributed by atoms with E-state index in [1.807, 2.05) is 18.2 Å². The van der Waals surface area contributed by atoms with E-state index < -0.39 is 0 Å².